The third kappa shape index (κ3) is 2.77. The highest BCUT2D eigenvalue weighted by Gasteiger charge is 2.67. The lowest BCUT2D eigenvalue weighted by Crippen LogP contribution is -2.27. The molecule has 118 valence electrons. The van der Waals surface area contributed by atoms with Gasteiger partial charge in [-0.15, -0.1) is 0 Å². The van der Waals surface area contributed by atoms with Gasteiger partial charge in [0, 0.05) is 11.6 Å². The van der Waals surface area contributed by atoms with Gasteiger partial charge in [0.05, 0.1) is 4.47 Å². The number of hydrogen-bond acceptors (Lipinski definition) is 1. The summed E-state index contributed by atoms with van der Waals surface area (Å²) in [6, 6.07) is 2.41. The van der Waals surface area contributed by atoms with Crippen LogP contribution in [-0.4, -0.2) is 6.54 Å². The number of benzene rings is 1. The van der Waals surface area contributed by atoms with Gasteiger partial charge in [-0.1, -0.05) is 34.6 Å². The predicted molar refractivity (Wildman–Crippen MR) is 86.1 cm³/mol. The topological polar surface area (TPSA) is 12.0 Å². The van der Waals surface area contributed by atoms with Gasteiger partial charge < -0.3 is 5.32 Å². The van der Waals surface area contributed by atoms with Gasteiger partial charge in [0.15, 0.2) is 0 Å². The van der Waals surface area contributed by atoms with Crippen LogP contribution in [0.5, 0.6) is 0 Å². The van der Waals surface area contributed by atoms with Crippen LogP contribution >= 0.6 is 15.9 Å². The van der Waals surface area contributed by atoms with Gasteiger partial charge in [-0.3, -0.25) is 0 Å². The second kappa shape index (κ2) is 5.62. The van der Waals surface area contributed by atoms with E-state index in [1.54, 1.807) is 0 Å². The zero-order valence-corrected chi connectivity index (χ0v) is 14.9. The fraction of sp³-hybridized carbons (Fsp3) is 0.647. The average molecular weight is 360 g/mol. The molecule has 1 unspecified atom stereocenters. The summed E-state index contributed by atoms with van der Waals surface area (Å²) in [6.45, 7) is 11.7. The van der Waals surface area contributed by atoms with Crippen molar-refractivity contribution in [2.75, 3.05) is 6.54 Å². The molecule has 0 aliphatic heterocycles. The van der Waals surface area contributed by atoms with Gasteiger partial charge in [-0.2, -0.15) is 0 Å². The van der Waals surface area contributed by atoms with Crippen LogP contribution in [0, 0.1) is 28.4 Å². The third-order valence-electron chi connectivity index (χ3n) is 5.45. The second-order valence-corrected chi connectivity index (χ2v) is 8.00. The van der Waals surface area contributed by atoms with Gasteiger partial charge in [0.25, 0.3) is 0 Å². The van der Waals surface area contributed by atoms with E-state index in [4.69, 9.17) is 0 Å². The van der Waals surface area contributed by atoms with Gasteiger partial charge >= 0.3 is 0 Å². The van der Waals surface area contributed by atoms with Crippen LogP contribution in [0.3, 0.4) is 0 Å². The fourth-order valence-electron chi connectivity index (χ4n) is 3.56. The highest BCUT2D eigenvalue weighted by atomic mass is 79.9. The van der Waals surface area contributed by atoms with Crippen LogP contribution < -0.4 is 5.32 Å². The summed E-state index contributed by atoms with van der Waals surface area (Å²) >= 11 is 3.04. The largest absolute Gasteiger partial charge is 0.310 e. The Labute approximate surface area is 134 Å². The molecule has 21 heavy (non-hydrogen) atoms. The Morgan fingerprint density at radius 1 is 1.14 bits per heavy atom. The van der Waals surface area contributed by atoms with Crippen LogP contribution in [0.1, 0.15) is 52.6 Å². The fourth-order valence-corrected chi connectivity index (χ4v) is 3.88. The van der Waals surface area contributed by atoms with Crippen LogP contribution in [0.25, 0.3) is 0 Å². The van der Waals surface area contributed by atoms with E-state index in [2.05, 4.69) is 55.9 Å². The molecule has 2 rings (SSSR count). The Bertz CT molecular complexity index is 526. The van der Waals surface area contributed by atoms with Crippen molar-refractivity contribution in [3.05, 3.63) is 33.8 Å². The Hall–Kier alpha value is -0.480. The molecule has 0 amide bonds. The van der Waals surface area contributed by atoms with Crippen molar-refractivity contribution in [1.82, 2.24) is 5.32 Å². The van der Waals surface area contributed by atoms with Crippen LogP contribution in [0.15, 0.2) is 16.6 Å². The highest BCUT2D eigenvalue weighted by Crippen LogP contribution is 2.72. The monoisotopic (exact) mass is 359 g/mol. The van der Waals surface area contributed by atoms with Gasteiger partial charge in [0.1, 0.15) is 11.6 Å². The van der Waals surface area contributed by atoms with E-state index in [-0.39, 0.29) is 33.1 Å². The summed E-state index contributed by atoms with van der Waals surface area (Å²) in [5.41, 5.74) is 0.649. The zero-order valence-electron chi connectivity index (χ0n) is 13.4. The lowest BCUT2D eigenvalue weighted by molar-refractivity contribution is 0.394. The van der Waals surface area contributed by atoms with E-state index in [1.165, 1.54) is 12.1 Å². The summed E-state index contributed by atoms with van der Waals surface area (Å²) < 4.78 is 28.4. The van der Waals surface area contributed by atoms with Crippen LogP contribution in [0.2, 0.25) is 0 Å². The van der Waals surface area contributed by atoms with Gasteiger partial charge in [-0.05, 0) is 57.8 Å². The van der Waals surface area contributed by atoms with Crippen molar-refractivity contribution in [2.45, 2.75) is 47.1 Å². The minimum atomic E-state index is -0.411. The zero-order chi connectivity index (χ0) is 16.0. The molecule has 1 aromatic rings. The van der Waals surface area contributed by atoms with Gasteiger partial charge in [0.2, 0.25) is 0 Å². The molecule has 0 spiro atoms. The average Bonchev–Trinajstić information content (AvgIpc) is 2.78. The maximum absolute atomic E-state index is 14.4. The number of rotatable bonds is 5. The van der Waals surface area contributed by atoms with Crippen molar-refractivity contribution in [3.8, 4) is 0 Å². The molecular weight excluding hydrogens is 336 g/mol. The maximum Gasteiger partial charge on any atom is 0.137 e. The normalized spacial score (nSPS) is 21.3. The molecule has 1 N–H and O–H groups in total. The summed E-state index contributed by atoms with van der Waals surface area (Å²) in [5, 5.41) is 3.42. The molecule has 0 heterocycles. The number of halogens is 3. The Morgan fingerprint density at radius 3 is 2.19 bits per heavy atom. The molecule has 1 aliphatic carbocycles. The molecule has 1 aromatic carbocycles. The van der Waals surface area contributed by atoms with Crippen molar-refractivity contribution < 1.29 is 8.78 Å². The van der Waals surface area contributed by atoms with E-state index in [0.717, 1.165) is 13.0 Å². The first-order chi connectivity index (χ1) is 9.64. The van der Waals surface area contributed by atoms with E-state index in [9.17, 15) is 8.78 Å². The van der Waals surface area contributed by atoms with Crippen LogP contribution in [-0.2, 0) is 0 Å². The third-order valence-corrected chi connectivity index (χ3v) is 6.06. The smallest absolute Gasteiger partial charge is 0.137 e. The molecule has 1 nitrogen and oxygen atoms in total. The molecule has 1 saturated carbocycles. The predicted octanol–water partition coefficient (Wildman–Crippen LogP) is 5.45. The first-order valence-corrected chi connectivity index (χ1v) is 8.31. The van der Waals surface area contributed by atoms with E-state index in [1.807, 2.05) is 0 Å². The molecule has 4 heteroatoms. The Morgan fingerprint density at radius 2 is 1.71 bits per heavy atom. The van der Waals surface area contributed by atoms with Crippen molar-refractivity contribution in [3.63, 3.8) is 0 Å². The molecule has 0 saturated heterocycles. The lowest BCUT2D eigenvalue weighted by Gasteiger charge is -2.22. The quantitative estimate of drug-likeness (QED) is 0.689. The van der Waals surface area contributed by atoms with Crippen LogP contribution in [0.4, 0.5) is 8.78 Å². The summed E-state index contributed by atoms with van der Waals surface area (Å²) in [7, 11) is 0. The van der Waals surface area contributed by atoms with E-state index >= 15 is 0 Å². The standard InChI is InChI=1S/C17H24BrF2N/c1-6-7-21-14(15-16(2,3)17(15,4)5)10-8-13(20)11(18)9-12(10)19/h8-9,14-15,21H,6-7H2,1-5H3. The maximum atomic E-state index is 14.4. The number of nitrogens with one attached hydrogen (secondary N) is 1. The SMILES string of the molecule is CCCNC(c1cc(F)c(Br)cc1F)C1C(C)(C)C1(C)C. The van der Waals surface area contributed by atoms with Crippen molar-refractivity contribution >= 4 is 15.9 Å². The first kappa shape index (κ1) is 16.9. The Balaban J connectivity index is 2.41. The van der Waals surface area contributed by atoms with E-state index in [0.29, 0.717) is 5.56 Å². The van der Waals surface area contributed by atoms with E-state index < -0.39 is 5.82 Å². The minimum absolute atomic E-state index is 0.106. The molecule has 1 fully saturated rings. The molecule has 0 radical (unpaired) electrons. The first-order valence-electron chi connectivity index (χ1n) is 7.52. The molecule has 0 aromatic heterocycles. The summed E-state index contributed by atoms with van der Waals surface area (Å²) in [6.07, 6.45) is 0.963. The van der Waals surface area contributed by atoms with Crippen molar-refractivity contribution in [1.29, 1.82) is 0 Å². The Kier molecular flexibility index (Phi) is 4.52. The molecule has 1 atom stereocenters. The molecule has 0 bridgehead atoms. The molecule has 1 aliphatic rings. The highest BCUT2D eigenvalue weighted by molar-refractivity contribution is 9.10. The number of hydrogen-bond donors (Lipinski definition) is 1. The minimum Gasteiger partial charge on any atom is -0.310 e. The lowest BCUT2D eigenvalue weighted by atomic mass is 9.95. The summed E-state index contributed by atoms with van der Waals surface area (Å²) in [5.74, 6) is -0.479. The van der Waals surface area contributed by atoms with Gasteiger partial charge in [-0.25, -0.2) is 8.78 Å². The second-order valence-electron chi connectivity index (χ2n) is 7.14. The molecular formula is C17H24BrF2N. The van der Waals surface area contributed by atoms with Crippen molar-refractivity contribution in [2.24, 2.45) is 16.7 Å². The summed E-state index contributed by atoms with van der Waals surface area (Å²) in [4.78, 5) is 0.